The highest BCUT2D eigenvalue weighted by molar-refractivity contribution is 9.10. The molecule has 0 heterocycles. The summed E-state index contributed by atoms with van der Waals surface area (Å²) in [5, 5.41) is 3.06. The van der Waals surface area contributed by atoms with Crippen LogP contribution in [0, 0.1) is 0 Å². The Morgan fingerprint density at radius 3 is 2.94 bits per heavy atom. The molecule has 0 saturated heterocycles. The molecule has 0 radical (unpaired) electrons. The molecule has 0 spiro atoms. The zero-order valence-corrected chi connectivity index (χ0v) is 10.5. The number of carbonyl (C=O) groups excluding carboxylic acids is 1. The van der Waals surface area contributed by atoms with Crippen LogP contribution in [0.5, 0.6) is 5.75 Å². The summed E-state index contributed by atoms with van der Waals surface area (Å²) in [6.45, 7) is 1.85. The van der Waals surface area contributed by atoms with Crippen molar-refractivity contribution in [3.63, 3.8) is 0 Å². The first-order valence-electron chi connectivity index (χ1n) is 5.06. The molecule has 88 valence electrons. The topological polar surface area (TPSA) is 64.4 Å². The molecule has 0 fully saturated rings. The van der Waals surface area contributed by atoms with E-state index in [0.717, 1.165) is 10.2 Å². The summed E-state index contributed by atoms with van der Waals surface area (Å²) >= 11 is 3.36. The summed E-state index contributed by atoms with van der Waals surface area (Å²) in [5.74, 6) is 0.534. The van der Waals surface area contributed by atoms with Crippen LogP contribution in [0.4, 0.5) is 0 Å². The number of nitrogens with one attached hydrogen (secondary N) is 1. The zero-order valence-electron chi connectivity index (χ0n) is 8.91. The third-order valence-electron chi connectivity index (χ3n) is 1.89. The number of hydrogen-bond donors (Lipinski definition) is 2. The van der Waals surface area contributed by atoms with E-state index in [9.17, 15) is 4.79 Å². The third-order valence-corrected chi connectivity index (χ3v) is 2.39. The van der Waals surface area contributed by atoms with Crippen molar-refractivity contribution in [2.75, 3.05) is 19.7 Å². The molecule has 0 aliphatic rings. The van der Waals surface area contributed by atoms with Crippen LogP contribution in [-0.4, -0.2) is 25.6 Å². The first-order chi connectivity index (χ1) is 7.68. The van der Waals surface area contributed by atoms with E-state index in [1.54, 1.807) is 0 Å². The van der Waals surface area contributed by atoms with Gasteiger partial charge in [0.1, 0.15) is 12.4 Å². The number of halogens is 1. The molecule has 1 amide bonds. The molecule has 1 aromatic rings. The fraction of sp³-hybridized carbons (Fsp3) is 0.364. The first-order valence-corrected chi connectivity index (χ1v) is 5.85. The molecule has 0 atom stereocenters. The number of hydrogen-bond acceptors (Lipinski definition) is 3. The summed E-state index contributed by atoms with van der Waals surface area (Å²) < 4.78 is 6.48. The fourth-order valence-electron chi connectivity index (χ4n) is 1.13. The predicted molar refractivity (Wildman–Crippen MR) is 66.3 cm³/mol. The van der Waals surface area contributed by atoms with Gasteiger partial charge in [-0.15, -0.1) is 0 Å². The fourth-order valence-corrected chi connectivity index (χ4v) is 1.51. The SMILES string of the molecule is NC(=O)CCNCCOc1cccc(Br)c1. The van der Waals surface area contributed by atoms with Gasteiger partial charge in [0.05, 0.1) is 0 Å². The van der Waals surface area contributed by atoms with Crippen LogP contribution in [0.3, 0.4) is 0 Å². The smallest absolute Gasteiger partial charge is 0.218 e. The first kappa shape index (κ1) is 13.0. The van der Waals surface area contributed by atoms with Crippen molar-refractivity contribution in [3.8, 4) is 5.75 Å². The van der Waals surface area contributed by atoms with Gasteiger partial charge >= 0.3 is 0 Å². The second kappa shape index (κ2) is 7.24. The lowest BCUT2D eigenvalue weighted by molar-refractivity contribution is -0.117. The lowest BCUT2D eigenvalue weighted by Gasteiger charge is -2.07. The van der Waals surface area contributed by atoms with Crippen LogP contribution in [-0.2, 0) is 4.79 Å². The monoisotopic (exact) mass is 286 g/mol. The predicted octanol–water partition coefficient (Wildman–Crippen LogP) is 1.29. The van der Waals surface area contributed by atoms with E-state index < -0.39 is 0 Å². The van der Waals surface area contributed by atoms with Gasteiger partial charge in [0.25, 0.3) is 0 Å². The van der Waals surface area contributed by atoms with Crippen molar-refractivity contribution in [2.24, 2.45) is 5.73 Å². The average Bonchev–Trinajstić information content (AvgIpc) is 2.23. The minimum Gasteiger partial charge on any atom is -0.492 e. The van der Waals surface area contributed by atoms with Crippen molar-refractivity contribution in [1.29, 1.82) is 0 Å². The van der Waals surface area contributed by atoms with Gasteiger partial charge in [0.15, 0.2) is 0 Å². The highest BCUT2D eigenvalue weighted by Gasteiger charge is 1.95. The number of ether oxygens (including phenoxy) is 1. The van der Waals surface area contributed by atoms with Crippen molar-refractivity contribution < 1.29 is 9.53 Å². The Morgan fingerprint density at radius 1 is 1.44 bits per heavy atom. The Balaban J connectivity index is 2.09. The number of benzene rings is 1. The van der Waals surface area contributed by atoms with Crippen molar-refractivity contribution >= 4 is 21.8 Å². The molecule has 5 heteroatoms. The molecule has 1 rings (SSSR count). The van der Waals surface area contributed by atoms with Gasteiger partial charge in [-0.1, -0.05) is 22.0 Å². The maximum atomic E-state index is 10.4. The molecular formula is C11H15BrN2O2. The minimum atomic E-state index is -0.291. The van der Waals surface area contributed by atoms with Crippen molar-refractivity contribution in [2.45, 2.75) is 6.42 Å². The summed E-state index contributed by atoms with van der Waals surface area (Å²) in [4.78, 5) is 10.4. The van der Waals surface area contributed by atoms with Gasteiger partial charge in [-0.05, 0) is 18.2 Å². The highest BCUT2D eigenvalue weighted by atomic mass is 79.9. The quantitative estimate of drug-likeness (QED) is 0.743. The number of nitrogens with two attached hydrogens (primary N) is 1. The van der Waals surface area contributed by atoms with E-state index in [0.29, 0.717) is 26.1 Å². The minimum absolute atomic E-state index is 0.291. The van der Waals surface area contributed by atoms with Crippen molar-refractivity contribution in [1.82, 2.24) is 5.32 Å². The Bertz CT molecular complexity index is 345. The molecule has 0 bridgehead atoms. The maximum Gasteiger partial charge on any atom is 0.218 e. The number of primary amides is 1. The Labute approximate surface area is 103 Å². The highest BCUT2D eigenvalue weighted by Crippen LogP contribution is 2.17. The molecular weight excluding hydrogens is 272 g/mol. The standard InChI is InChI=1S/C11H15BrN2O2/c12-9-2-1-3-10(8-9)16-7-6-14-5-4-11(13)15/h1-3,8,14H,4-7H2,(H2,13,15). The van der Waals surface area contributed by atoms with Gasteiger partial charge in [-0.3, -0.25) is 4.79 Å². The van der Waals surface area contributed by atoms with Crippen LogP contribution in [0.15, 0.2) is 28.7 Å². The molecule has 0 unspecified atom stereocenters. The van der Waals surface area contributed by atoms with E-state index in [1.807, 2.05) is 24.3 Å². The van der Waals surface area contributed by atoms with Gasteiger partial charge in [-0.2, -0.15) is 0 Å². The van der Waals surface area contributed by atoms with E-state index >= 15 is 0 Å². The number of carbonyl (C=O) groups is 1. The molecule has 0 saturated carbocycles. The molecule has 4 nitrogen and oxygen atoms in total. The van der Waals surface area contributed by atoms with E-state index in [4.69, 9.17) is 10.5 Å². The zero-order chi connectivity index (χ0) is 11.8. The number of rotatable bonds is 7. The summed E-state index contributed by atoms with van der Waals surface area (Å²) in [5.41, 5.74) is 5.00. The van der Waals surface area contributed by atoms with Crippen LogP contribution in [0.2, 0.25) is 0 Å². The summed E-state index contributed by atoms with van der Waals surface area (Å²) in [7, 11) is 0. The van der Waals surface area contributed by atoms with Gasteiger partial charge in [0, 0.05) is 24.0 Å². The van der Waals surface area contributed by atoms with Gasteiger partial charge in [-0.25, -0.2) is 0 Å². The lowest BCUT2D eigenvalue weighted by Crippen LogP contribution is -2.25. The molecule has 0 aromatic heterocycles. The second-order valence-corrected chi connectivity index (χ2v) is 4.19. The van der Waals surface area contributed by atoms with Crippen molar-refractivity contribution in [3.05, 3.63) is 28.7 Å². The van der Waals surface area contributed by atoms with Crippen LogP contribution in [0.1, 0.15) is 6.42 Å². The Kier molecular flexibility index (Phi) is 5.88. The van der Waals surface area contributed by atoms with E-state index in [1.165, 1.54) is 0 Å². The van der Waals surface area contributed by atoms with Crippen LogP contribution >= 0.6 is 15.9 Å². The Morgan fingerprint density at radius 2 is 2.25 bits per heavy atom. The third kappa shape index (κ3) is 5.72. The average molecular weight is 287 g/mol. The lowest BCUT2D eigenvalue weighted by atomic mass is 10.3. The maximum absolute atomic E-state index is 10.4. The van der Waals surface area contributed by atoms with Gasteiger partial charge < -0.3 is 15.8 Å². The molecule has 0 aliphatic carbocycles. The van der Waals surface area contributed by atoms with Crippen LogP contribution < -0.4 is 15.8 Å². The molecule has 1 aromatic carbocycles. The molecule has 0 aliphatic heterocycles. The summed E-state index contributed by atoms with van der Waals surface area (Å²) in [6.07, 6.45) is 0.358. The molecule has 16 heavy (non-hydrogen) atoms. The summed E-state index contributed by atoms with van der Waals surface area (Å²) in [6, 6.07) is 7.66. The number of amides is 1. The van der Waals surface area contributed by atoms with E-state index in [2.05, 4.69) is 21.2 Å². The van der Waals surface area contributed by atoms with Gasteiger partial charge in [0.2, 0.25) is 5.91 Å². The molecule has 3 N–H and O–H groups in total. The largest absolute Gasteiger partial charge is 0.492 e. The Hall–Kier alpha value is -1.07. The van der Waals surface area contributed by atoms with E-state index in [-0.39, 0.29) is 5.91 Å². The normalized spacial score (nSPS) is 10.1. The van der Waals surface area contributed by atoms with Crippen LogP contribution in [0.25, 0.3) is 0 Å². The second-order valence-electron chi connectivity index (χ2n) is 3.27.